The van der Waals surface area contributed by atoms with Gasteiger partial charge in [0.05, 0.1) is 18.0 Å². The second kappa shape index (κ2) is 11.8. The topological polar surface area (TPSA) is 121 Å². The molecule has 0 bridgehead atoms. The van der Waals surface area contributed by atoms with Crippen LogP contribution in [0.15, 0.2) is 81.3 Å². The lowest BCUT2D eigenvalue weighted by Gasteiger charge is -2.23. The summed E-state index contributed by atoms with van der Waals surface area (Å²) in [6.45, 7) is 5.81. The van der Waals surface area contributed by atoms with Crippen molar-refractivity contribution in [1.29, 1.82) is 0 Å². The zero-order valence-electron chi connectivity index (χ0n) is 22.3. The molecule has 10 heteroatoms. The lowest BCUT2D eigenvalue weighted by molar-refractivity contribution is 0.122. The molecule has 0 unspecified atom stereocenters. The first-order valence-electron chi connectivity index (χ1n) is 12.6. The third kappa shape index (κ3) is 5.57. The number of benzene rings is 2. The van der Waals surface area contributed by atoms with Gasteiger partial charge in [0.15, 0.2) is 4.90 Å². The van der Waals surface area contributed by atoms with Gasteiger partial charge in [-0.1, -0.05) is 49.4 Å². The number of aromatic nitrogens is 3. The van der Waals surface area contributed by atoms with Gasteiger partial charge >= 0.3 is 0 Å². The average Bonchev–Trinajstić information content (AvgIpc) is 2.94. The van der Waals surface area contributed by atoms with E-state index in [1.54, 1.807) is 25.1 Å². The van der Waals surface area contributed by atoms with Crippen molar-refractivity contribution < 1.29 is 23.0 Å². The molecule has 2 heterocycles. The maximum absolute atomic E-state index is 13.9. The second-order valence-corrected chi connectivity index (χ2v) is 10.7. The zero-order valence-corrected chi connectivity index (χ0v) is 23.1. The van der Waals surface area contributed by atoms with Crippen molar-refractivity contribution in [3.63, 3.8) is 0 Å². The molecule has 39 heavy (non-hydrogen) atoms. The van der Waals surface area contributed by atoms with Crippen LogP contribution in [-0.4, -0.2) is 41.8 Å². The van der Waals surface area contributed by atoms with E-state index in [4.69, 9.17) is 9.47 Å². The van der Waals surface area contributed by atoms with Crippen molar-refractivity contribution in [2.75, 3.05) is 13.7 Å². The van der Waals surface area contributed by atoms with Crippen LogP contribution >= 0.6 is 0 Å². The standard InChI is InChI=1S/C29H31N3O6S/c1-5-24(21-10-8-7-9-11-21)32-25(18-38-6-2)31-28(33)27(29(32)34)39(35,36)22-14-12-20(13-15-22)23-16-17-26(37-4)30-19(23)3/h7-17,24,33H,5-6,18H2,1-4H3/t24-/m0/s1. The molecule has 0 spiro atoms. The number of methoxy groups -OCH3 is 1. The van der Waals surface area contributed by atoms with E-state index in [0.717, 1.165) is 16.7 Å². The van der Waals surface area contributed by atoms with Crippen molar-refractivity contribution in [1.82, 2.24) is 14.5 Å². The van der Waals surface area contributed by atoms with Crippen LogP contribution in [0.4, 0.5) is 0 Å². The molecule has 2 aromatic heterocycles. The van der Waals surface area contributed by atoms with Gasteiger partial charge in [0.25, 0.3) is 5.56 Å². The third-order valence-corrected chi connectivity index (χ3v) is 8.25. The van der Waals surface area contributed by atoms with E-state index in [-0.39, 0.29) is 17.3 Å². The number of nitrogens with zero attached hydrogens (tertiary/aromatic N) is 3. The molecule has 0 aliphatic heterocycles. The number of rotatable bonds is 10. The van der Waals surface area contributed by atoms with Gasteiger partial charge in [-0.3, -0.25) is 9.36 Å². The molecule has 0 aliphatic rings. The number of aromatic hydroxyl groups is 1. The lowest BCUT2D eigenvalue weighted by atomic mass is 10.0. The maximum atomic E-state index is 13.9. The Morgan fingerprint density at radius 1 is 0.974 bits per heavy atom. The Hall–Kier alpha value is -4.02. The summed E-state index contributed by atoms with van der Waals surface area (Å²) in [6.07, 6.45) is 0.485. The Balaban J connectivity index is 1.83. The normalized spacial score (nSPS) is 12.3. The highest BCUT2D eigenvalue weighted by Crippen LogP contribution is 2.30. The Bertz CT molecular complexity index is 1620. The highest BCUT2D eigenvalue weighted by atomic mass is 32.2. The SMILES string of the molecule is CCOCc1nc(O)c(S(=O)(=O)c2ccc(-c3ccc(OC)nc3C)cc2)c(=O)n1[C@@H](CC)c1ccccc1. The highest BCUT2D eigenvalue weighted by Gasteiger charge is 2.31. The molecule has 0 aliphatic carbocycles. The zero-order chi connectivity index (χ0) is 28.2. The summed E-state index contributed by atoms with van der Waals surface area (Å²) >= 11 is 0. The summed E-state index contributed by atoms with van der Waals surface area (Å²) in [5.74, 6) is -0.233. The molecule has 0 saturated heterocycles. The molecular weight excluding hydrogens is 518 g/mol. The van der Waals surface area contributed by atoms with Gasteiger partial charge in [0.2, 0.25) is 21.6 Å². The van der Waals surface area contributed by atoms with Crippen molar-refractivity contribution in [2.24, 2.45) is 0 Å². The van der Waals surface area contributed by atoms with E-state index in [1.807, 2.05) is 50.2 Å². The predicted octanol–water partition coefficient (Wildman–Crippen LogP) is 4.70. The molecular formula is C29H31N3O6S. The van der Waals surface area contributed by atoms with Gasteiger partial charge in [-0.05, 0) is 49.6 Å². The molecule has 9 nitrogen and oxygen atoms in total. The number of pyridine rings is 1. The summed E-state index contributed by atoms with van der Waals surface area (Å²) in [6, 6.07) is 18.4. The van der Waals surface area contributed by atoms with E-state index >= 15 is 0 Å². The predicted molar refractivity (Wildman–Crippen MR) is 147 cm³/mol. The fraction of sp³-hybridized carbons (Fsp3) is 0.276. The minimum Gasteiger partial charge on any atom is -0.492 e. The summed E-state index contributed by atoms with van der Waals surface area (Å²) in [7, 11) is -2.89. The number of ether oxygens (including phenoxy) is 2. The van der Waals surface area contributed by atoms with E-state index < -0.39 is 32.2 Å². The van der Waals surface area contributed by atoms with Gasteiger partial charge in [-0.15, -0.1) is 0 Å². The quantitative estimate of drug-likeness (QED) is 0.302. The van der Waals surface area contributed by atoms with Crippen LogP contribution < -0.4 is 10.3 Å². The van der Waals surface area contributed by atoms with Gasteiger partial charge in [0.1, 0.15) is 12.4 Å². The van der Waals surface area contributed by atoms with E-state index in [2.05, 4.69) is 9.97 Å². The molecule has 0 fully saturated rings. The van der Waals surface area contributed by atoms with Crippen molar-refractivity contribution in [3.8, 4) is 22.9 Å². The molecule has 4 aromatic rings. The van der Waals surface area contributed by atoms with Crippen LogP contribution in [0.25, 0.3) is 11.1 Å². The molecule has 0 radical (unpaired) electrons. The van der Waals surface area contributed by atoms with E-state index in [9.17, 15) is 18.3 Å². The largest absolute Gasteiger partial charge is 0.492 e. The fourth-order valence-electron chi connectivity index (χ4n) is 4.53. The summed E-state index contributed by atoms with van der Waals surface area (Å²) in [5.41, 5.74) is 2.21. The maximum Gasteiger partial charge on any atom is 0.277 e. The van der Waals surface area contributed by atoms with E-state index in [1.165, 1.54) is 23.8 Å². The molecule has 1 N–H and O–H groups in total. The Morgan fingerprint density at radius 2 is 1.67 bits per heavy atom. The van der Waals surface area contributed by atoms with Crippen LogP contribution in [0.3, 0.4) is 0 Å². The van der Waals surface area contributed by atoms with Crippen molar-refractivity contribution >= 4 is 9.84 Å². The van der Waals surface area contributed by atoms with Gasteiger partial charge in [-0.2, -0.15) is 4.98 Å². The first-order chi connectivity index (χ1) is 18.7. The number of hydrogen-bond donors (Lipinski definition) is 1. The van der Waals surface area contributed by atoms with Crippen molar-refractivity contribution in [2.45, 2.75) is 49.6 Å². The first-order valence-corrected chi connectivity index (χ1v) is 14.0. The smallest absolute Gasteiger partial charge is 0.277 e. The highest BCUT2D eigenvalue weighted by molar-refractivity contribution is 7.91. The van der Waals surface area contributed by atoms with Crippen LogP contribution in [-0.2, 0) is 21.2 Å². The Morgan fingerprint density at radius 3 is 2.26 bits per heavy atom. The summed E-state index contributed by atoms with van der Waals surface area (Å²) in [4.78, 5) is 21.5. The summed E-state index contributed by atoms with van der Waals surface area (Å²) in [5, 5.41) is 10.8. The van der Waals surface area contributed by atoms with Crippen LogP contribution in [0.5, 0.6) is 11.8 Å². The van der Waals surface area contributed by atoms with Crippen LogP contribution in [0.1, 0.15) is 43.4 Å². The Labute approximate surface area is 227 Å². The lowest BCUT2D eigenvalue weighted by Crippen LogP contribution is -2.33. The molecule has 0 amide bonds. The minimum atomic E-state index is -4.43. The second-order valence-electron chi connectivity index (χ2n) is 8.84. The monoisotopic (exact) mass is 549 g/mol. The number of aryl methyl sites for hydroxylation is 1. The molecule has 0 saturated carbocycles. The number of hydrogen-bond acceptors (Lipinski definition) is 8. The molecule has 204 valence electrons. The molecule has 4 rings (SSSR count). The first kappa shape index (κ1) is 28.0. The third-order valence-electron chi connectivity index (χ3n) is 6.46. The number of sulfone groups is 1. The van der Waals surface area contributed by atoms with Crippen molar-refractivity contribution in [3.05, 3.63) is 94.2 Å². The van der Waals surface area contributed by atoms with Crippen LogP contribution in [0.2, 0.25) is 0 Å². The van der Waals surface area contributed by atoms with Gasteiger partial charge in [0, 0.05) is 23.9 Å². The fourth-order valence-corrected chi connectivity index (χ4v) is 5.88. The van der Waals surface area contributed by atoms with Gasteiger partial charge < -0.3 is 14.6 Å². The average molecular weight is 550 g/mol. The van der Waals surface area contributed by atoms with Gasteiger partial charge in [-0.25, -0.2) is 13.4 Å². The molecule has 1 atom stereocenters. The van der Waals surface area contributed by atoms with Crippen LogP contribution in [0, 0.1) is 6.92 Å². The minimum absolute atomic E-state index is 0.0626. The summed E-state index contributed by atoms with van der Waals surface area (Å²) < 4.78 is 39.4. The molecule has 2 aromatic carbocycles. The van der Waals surface area contributed by atoms with E-state index in [0.29, 0.717) is 24.6 Å². The Kier molecular flexibility index (Phi) is 8.47.